The topological polar surface area (TPSA) is 26.3 Å². The summed E-state index contributed by atoms with van der Waals surface area (Å²) in [6.45, 7) is 2.87. The van der Waals surface area contributed by atoms with Crippen LogP contribution in [-0.2, 0) is 4.74 Å². The lowest BCUT2D eigenvalue weighted by molar-refractivity contribution is 0.102. The Kier molecular flexibility index (Phi) is 4.48. The fourth-order valence-corrected chi connectivity index (χ4v) is 3.19. The Morgan fingerprint density at radius 3 is 3.06 bits per heavy atom. The number of thioether (sulfide) groups is 1. The highest BCUT2D eigenvalue weighted by molar-refractivity contribution is 8.00. The zero-order valence-corrected chi connectivity index (χ0v) is 11.3. The summed E-state index contributed by atoms with van der Waals surface area (Å²) in [5, 5.41) is 1.05. The van der Waals surface area contributed by atoms with Crippen molar-refractivity contribution in [2.24, 2.45) is 0 Å². The highest BCUT2D eigenvalue weighted by Crippen LogP contribution is 2.27. The molecule has 0 bridgehead atoms. The van der Waals surface area contributed by atoms with Crippen LogP contribution in [0.1, 0.15) is 23.7 Å². The van der Waals surface area contributed by atoms with Gasteiger partial charge in [0.15, 0.2) is 5.78 Å². The van der Waals surface area contributed by atoms with Crippen LogP contribution in [0.4, 0.5) is 0 Å². The number of ketones is 1. The predicted octanol–water partition coefficient (Wildman–Crippen LogP) is 3.43. The number of carbonyl (C=O) groups excluding carboxylic acids is 1. The Morgan fingerprint density at radius 1 is 1.59 bits per heavy atom. The number of halogens is 1. The zero-order valence-electron chi connectivity index (χ0n) is 9.69. The highest BCUT2D eigenvalue weighted by Gasteiger charge is 2.25. The minimum Gasteiger partial charge on any atom is -0.377 e. The molecule has 0 aliphatic carbocycles. The molecule has 2 rings (SSSR count). The number of carbonyl (C=O) groups is 1. The molecule has 0 spiro atoms. The molecule has 1 aliphatic heterocycles. The van der Waals surface area contributed by atoms with Crippen molar-refractivity contribution >= 4 is 29.1 Å². The molecule has 2 atom stereocenters. The first-order valence-electron chi connectivity index (χ1n) is 5.69. The Bertz CT molecular complexity index is 408. The minimum absolute atomic E-state index is 0.136. The number of benzene rings is 1. The van der Waals surface area contributed by atoms with Crippen LogP contribution in [0.2, 0.25) is 5.02 Å². The van der Waals surface area contributed by atoms with E-state index >= 15 is 0 Å². The number of ether oxygens (including phenoxy) is 1. The van der Waals surface area contributed by atoms with Crippen molar-refractivity contribution in [1.29, 1.82) is 0 Å². The van der Waals surface area contributed by atoms with E-state index in [2.05, 4.69) is 6.92 Å². The van der Waals surface area contributed by atoms with Gasteiger partial charge < -0.3 is 4.74 Å². The summed E-state index contributed by atoms with van der Waals surface area (Å²) < 4.78 is 5.47. The van der Waals surface area contributed by atoms with Gasteiger partial charge >= 0.3 is 0 Å². The van der Waals surface area contributed by atoms with E-state index in [1.54, 1.807) is 23.9 Å². The first-order chi connectivity index (χ1) is 8.16. The van der Waals surface area contributed by atoms with E-state index in [-0.39, 0.29) is 11.9 Å². The van der Waals surface area contributed by atoms with E-state index in [1.165, 1.54) is 0 Å². The number of Topliss-reactive ketones (excluding diaryl/α,β-unsaturated/α-hetero) is 1. The van der Waals surface area contributed by atoms with Gasteiger partial charge in [-0.1, -0.05) is 23.7 Å². The first-order valence-corrected chi connectivity index (χ1v) is 7.11. The summed E-state index contributed by atoms with van der Waals surface area (Å²) in [7, 11) is 0. The molecule has 92 valence electrons. The minimum atomic E-state index is 0.136. The van der Waals surface area contributed by atoms with Gasteiger partial charge in [-0.15, -0.1) is 11.8 Å². The molecule has 0 amide bonds. The fraction of sp³-hybridized carbons (Fsp3) is 0.462. The van der Waals surface area contributed by atoms with Gasteiger partial charge in [0.1, 0.15) is 0 Å². The maximum Gasteiger partial charge on any atom is 0.172 e. The molecule has 1 heterocycles. The molecule has 0 aromatic heterocycles. The van der Waals surface area contributed by atoms with Crippen LogP contribution < -0.4 is 0 Å². The molecule has 0 saturated carbocycles. The van der Waals surface area contributed by atoms with Crippen molar-refractivity contribution in [1.82, 2.24) is 0 Å². The van der Waals surface area contributed by atoms with Gasteiger partial charge in [0, 0.05) is 22.4 Å². The molecule has 2 unspecified atom stereocenters. The predicted molar refractivity (Wildman–Crippen MR) is 72.1 cm³/mol. The van der Waals surface area contributed by atoms with Gasteiger partial charge in [-0.05, 0) is 25.5 Å². The standard InChI is InChI=1S/C13H15ClO2S/c1-9-13(5-6-16-9)17-8-12(15)10-3-2-4-11(14)7-10/h2-4,7,9,13H,5-6,8H2,1H3. The fourth-order valence-electron chi connectivity index (χ4n) is 1.86. The van der Waals surface area contributed by atoms with E-state index in [0.717, 1.165) is 13.0 Å². The third-order valence-electron chi connectivity index (χ3n) is 2.88. The normalized spacial score (nSPS) is 23.9. The Balaban J connectivity index is 1.89. The lowest BCUT2D eigenvalue weighted by Gasteiger charge is -2.12. The summed E-state index contributed by atoms with van der Waals surface area (Å²) in [6.07, 6.45) is 1.29. The van der Waals surface area contributed by atoms with E-state index in [1.807, 2.05) is 12.1 Å². The van der Waals surface area contributed by atoms with Crippen molar-refractivity contribution in [3.8, 4) is 0 Å². The molecule has 0 N–H and O–H groups in total. The molecule has 1 aromatic rings. The second-order valence-electron chi connectivity index (χ2n) is 4.15. The van der Waals surface area contributed by atoms with Crippen LogP contribution >= 0.6 is 23.4 Å². The Hall–Kier alpha value is -0.510. The summed E-state index contributed by atoms with van der Waals surface area (Å²) in [4.78, 5) is 11.9. The second-order valence-corrected chi connectivity index (χ2v) is 5.81. The van der Waals surface area contributed by atoms with E-state index in [0.29, 0.717) is 21.6 Å². The van der Waals surface area contributed by atoms with Crippen LogP contribution in [0.3, 0.4) is 0 Å². The Labute approximate surface area is 111 Å². The molecule has 1 aromatic carbocycles. The van der Waals surface area contributed by atoms with Gasteiger partial charge in [-0.3, -0.25) is 4.79 Å². The smallest absolute Gasteiger partial charge is 0.172 e. The molecule has 17 heavy (non-hydrogen) atoms. The van der Waals surface area contributed by atoms with Gasteiger partial charge in [0.25, 0.3) is 0 Å². The van der Waals surface area contributed by atoms with Crippen LogP contribution in [0.25, 0.3) is 0 Å². The number of hydrogen-bond acceptors (Lipinski definition) is 3. The molecule has 1 fully saturated rings. The van der Waals surface area contributed by atoms with E-state index < -0.39 is 0 Å². The molecule has 1 aliphatic rings. The average Bonchev–Trinajstić information content (AvgIpc) is 2.72. The largest absolute Gasteiger partial charge is 0.377 e. The SMILES string of the molecule is CC1OCCC1SCC(=O)c1cccc(Cl)c1. The first kappa shape index (κ1) is 12.9. The average molecular weight is 271 g/mol. The van der Waals surface area contributed by atoms with Crippen molar-refractivity contribution in [3.05, 3.63) is 34.9 Å². The van der Waals surface area contributed by atoms with Crippen LogP contribution in [0, 0.1) is 0 Å². The molecule has 0 radical (unpaired) electrons. The third-order valence-corrected chi connectivity index (χ3v) is 4.59. The molecule has 1 saturated heterocycles. The molecule has 4 heteroatoms. The van der Waals surface area contributed by atoms with Crippen molar-refractivity contribution in [2.75, 3.05) is 12.4 Å². The molecular weight excluding hydrogens is 256 g/mol. The number of hydrogen-bond donors (Lipinski definition) is 0. The maximum absolute atomic E-state index is 11.9. The zero-order chi connectivity index (χ0) is 12.3. The lowest BCUT2D eigenvalue weighted by Crippen LogP contribution is -2.16. The molecule has 2 nitrogen and oxygen atoms in total. The van der Waals surface area contributed by atoms with Gasteiger partial charge in [-0.25, -0.2) is 0 Å². The van der Waals surface area contributed by atoms with Crippen LogP contribution in [0.5, 0.6) is 0 Å². The van der Waals surface area contributed by atoms with Crippen LogP contribution in [-0.4, -0.2) is 29.5 Å². The quantitative estimate of drug-likeness (QED) is 0.784. The van der Waals surface area contributed by atoms with Gasteiger partial charge in [0.05, 0.1) is 11.9 Å². The molecular formula is C13H15ClO2S. The summed E-state index contributed by atoms with van der Waals surface area (Å²) in [5.74, 6) is 0.634. The second kappa shape index (κ2) is 5.89. The third kappa shape index (κ3) is 3.47. The van der Waals surface area contributed by atoms with Crippen molar-refractivity contribution < 1.29 is 9.53 Å². The van der Waals surface area contributed by atoms with E-state index in [4.69, 9.17) is 16.3 Å². The number of rotatable bonds is 4. The Morgan fingerprint density at radius 2 is 2.41 bits per heavy atom. The van der Waals surface area contributed by atoms with Gasteiger partial charge in [0.2, 0.25) is 0 Å². The lowest BCUT2D eigenvalue weighted by atomic mass is 10.1. The maximum atomic E-state index is 11.9. The van der Waals surface area contributed by atoms with Crippen molar-refractivity contribution in [3.63, 3.8) is 0 Å². The van der Waals surface area contributed by atoms with E-state index in [9.17, 15) is 4.79 Å². The van der Waals surface area contributed by atoms with Gasteiger partial charge in [-0.2, -0.15) is 0 Å². The van der Waals surface area contributed by atoms with Crippen molar-refractivity contribution in [2.45, 2.75) is 24.7 Å². The monoisotopic (exact) mass is 270 g/mol. The van der Waals surface area contributed by atoms with Crippen LogP contribution in [0.15, 0.2) is 24.3 Å². The highest BCUT2D eigenvalue weighted by atomic mass is 35.5. The summed E-state index contributed by atoms with van der Waals surface area (Å²) in [6, 6.07) is 7.11. The summed E-state index contributed by atoms with van der Waals surface area (Å²) in [5.41, 5.74) is 0.691. The summed E-state index contributed by atoms with van der Waals surface area (Å²) >= 11 is 7.54.